The molecular weight excluding hydrogens is 262 g/mol. The largest absolute Gasteiger partial charge is 0.274 e. The second kappa shape index (κ2) is 5.05. The number of benzene rings is 1. The van der Waals surface area contributed by atoms with Crippen LogP contribution in [0.5, 0.6) is 0 Å². The SMILES string of the molecule is CCN(c1ccccc1)S(=O)(=O)c1cn(C)nc1C. The van der Waals surface area contributed by atoms with Gasteiger partial charge in [-0.15, -0.1) is 0 Å². The van der Waals surface area contributed by atoms with E-state index in [1.165, 1.54) is 15.2 Å². The van der Waals surface area contributed by atoms with Gasteiger partial charge < -0.3 is 0 Å². The number of hydrogen-bond donors (Lipinski definition) is 0. The van der Waals surface area contributed by atoms with Crippen molar-refractivity contribution in [2.45, 2.75) is 18.7 Å². The molecule has 0 saturated heterocycles. The zero-order valence-electron chi connectivity index (χ0n) is 11.2. The zero-order chi connectivity index (χ0) is 14.0. The van der Waals surface area contributed by atoms with E-state index in [0.29, 0.717) is 17.9 Å². The van der Waals surface area contributed by atoms with Gasteiger partial charge in [0.05, 0.1) is 11.4 Å². The average molecular weight is 279 g/mol. The fraction of sp³-hybridized carbons (Fsp3) is 0.308. The number of aryl methyl sites for hydroxylation is 2. The minimum Gasteiger partial charge on any atom is -0.274 e. The highest BCUT2D eigenvalue weighted by Gasteiger charge is 2.27. The molecule has 5 nitrogen and oxygen atoms in total. The van der Waals surface area contributed by atoms with Gasteiger partial charge in [0.25, 0.3) is 10.0 Å². The summed E-state index contributed by atoms with van der Waals surface area (Å²) in [7, 11) is -1.85. The van der Waals surface area contributed by atoms with Crippen molar-refractivity contribution in [1.29, 1.82) is 0 Å². The van der Waals surface area contributed by atoms with Crippen molar-refractivity contribution in [2.24, 2.45) is 7.05 Å². The van der Waals surface area contributed by atoms with E-state index in [2.05, 4.69) is 5.10 Å². The molecule has 2 rings (SSSR count). The maximum absolute atomic E-state index is 12.7. The Kier molecular flexibility index (Phi) is 3.61. The fourth-order valence-electron chi connectivity index (χ4n) is 2.04. The van der Waals surface area contributed by atoms with E-state index in [9.17, 15) is 8.42 Å². The Morgan fingerprint density at radius 2 is 1.89 bits per heavy atom. The third-order valence-electron chi connectivity index (χ3n) is 2.87. The third kappa shape index (κ3) is 2.49. The van der Waals surface area contributed by atoms with E-state index in [4.69, 9.17) is 0 Å². The highest BCUT2D eigenvalue weighted by molar-refractivity contribution is 7.92. The van der Waals surface area contributed by atoms with Gasteiger partial charge in [-0.1, -0.05) is 18.2 Å². The van der Waals surface area contributed by atoms with Crippen LogP contribution in [0.15, 0.2) is 41.4 Å². The molecule has 0 radical (unpaired) electrons. The Balaban J connectivity index is 2.51. The molecule has 0 N–H and O–H groups in total. The molecule has 0 aliphatic carbocycles. The normalized spacial score (nSPS) is 11.5. The number of aromatic nitrogens is 2. The van der Waals surface area contributed by atoms with Gasteiger partial charge in [-0.25, -0.2) is 8.42 Å². The monoisotopic (exact) mass is 279 g/mol. The van der Waals surface area contributed by atoms with Crippen molar-refractivity contribution in [3.8, 4) is 0 Å². The Labute approximate surface area is 113 Å². The molecule has 0 spiro atoms. The lowest BCUT2D eigenvalue weighted by molar-refractivity contribution is 0.591. The van der Waals surface area contributed by atoms with Crippen LogP contribution in [0.25, 0.3) is 0 Å². The minimum atomic E-state index is -3.56. The first kappa shape index (κ1) is 13.6. The van der Waals surface area contributed by atoms with Crippen LogP contribution in [-0.2, 0) is 17.1 Å². The van der Waals surface area contributed by atoms with E-state index < -0.39 is 10.0 Å². The molecule has 0 saturated carbocycles. The molecule has 0 unspecified atom stereocenters. The predicted octanol–water partition coefficient (Wildman–Crippen LogP) is 1.94. The average Bonchev–Trinajstić information content (AvgIpc) is 2.71. The van der Waals surface area contributed by atoms with E-state index in [-0.39, 0.29) is 4.90 Å². The molecule has 2 aromatic rings. The summed E-state index contributed by atoms with van der Waals surface area (Å²) in [6, 6.07) is 9.08. The lowest BCUT2D eigenvalue weighted by Gasteiger charge is -2.22. The van der Waals surface area contributed by atoms with Gasteiger partial charge >= 0.3 is 0 Å². The molecule has 1 aromatic carbocycles. The van der Waals surface area contributed by atoms with Crippen molar-refractivity contribution in [2.75, 3.05) is 10.8 Å². The van der Waals surface area contributed by atoms with Gasteiger partial charge in [0.1, 0.15) is 4.90 Å². The first-order valence-electron chi connectivity index (χ1n) is 6.05. The minimum absolute atomic E-state index is 0.251. The molecule has 0 amide bonds. The molecule has 0 bridgehead atoms. The predicted molar refractivity (Wildman–Crippen MR) is 74.6 cm³/mol. The maximum atomic E-state index is 12.7. The third-order valence-corrected chi connectivity index (χ3v) is 4.87. The molecule has 0 aliphatic heterocycles. The van der Waals surface area contributed by atoms with Crippen LogP contribution in [0, 0.1) is 6.92 Å². The molecule has 0 fully saturated rings. The quantitative estimate of drug-likeness (QED) is 0.859. The topological polar surface area (TPSA) is 55.2 Å². The van der Waals surface area contributed by atoms with Gasteiger partial charge in [0.15, 0.2) is 0 Å². The Morgan fingerprint density at radius 1 is 1.26 bits per heavy atom. The summed E-state index contributed by atoms with van der Waals surface area (Å²) in [5.74, 6) is 0. The molecule has 0 aliphatic rings. The molecule has 1 heterocycles. The van der Waals surface area contributed by atoms with Gasteiger partial charge in [-0.05, 0) is 26.0 Å². The van der Waals surface area contributed by atoms with E-state index >= 15 is 0 Å². The summed E-state index contributed by atoms with van der Waals surface area (Å²) in [6.07, 6.45) is 1.54. The summed E-state index contributed by atoms with van der Waals surface area (Å²) in [6.45, 7) is 3.89. The number of anilines is 1. The van der Waals surface area contributed by atoms with Crippen LogP contribution in [0.3, 0.4) is 0 Å². The number of nitrogens with zero attached hydrogens (tertiary/aromatic N) is 3. The van der Waals surface area contributed by atoms with Crippen LogP contribution in [0.4, 0.5) is 5.69 Å². The van der Waals surface area contributed by atoms with Crippen molar-refractivity contribution >= 4 is 15.7 Å². The van der Waals surface area contributed by atoms with Gasteiger partial charge in [-0.3, -0.25) is 8.99 Å². The molecule has 0 atom stereocenters. The van der Waals surface area contributed by atoms with Gasteiger partial charge in [-0.2, -0.15) is 5.10 Å². The standard InChI is InChI=1S/C13H17N3O2S/c1-4-16(12-8-6-5-7-9-12)19(17,18)13-10-15(3)14-11(13)2/h5-10H,4H2,1-3H3. The maximum Gasteiger partial charge on any atom is 0.267 e. The molecular formula is C13H17N3O2S. The van der Waals surface area contributed by atoms with Crippen LogP contribution >= 0.6 is 0 Å². The smallest absolute Gasteiger partial charge is 0.267 e. The van der Waals surface area contributed by atoms with E-state index in [0.717, 1.165) is 0 Å². The van der Waals surface area contributed by atoms with Crippen LogP contribution in [-0.4, -0.2) is 24.7 Å². The Morgan fingerprint density at radius 3 is 2.37 bits per heavy atom. The summed E-state index contributed by atoms with van der Waals surface area (Å²) in [5, 5.41) is 4.10. The number of para-hydroxylation sites is 1. The van der Waals surface area contributed by atoms with Crippen molar-refractivity contribution in [3.05, 3.63) is 42.2 Å². The second-order valence-corrected chi connectivity index (χ2v) is 6.09. The first-order valence-corrected chi connectivity index (χ1v) is 7.49. The van der Waals surface area contributed by atoms with E-state index in [1.807, 2.05) is 25.1 Å². The number of rotatable bonds is 4. The Hall–Kier alpha value is -1.82. The van der Waals surface area contributed by atoms with Crippen molar-refractivity contribution in [1.82, 2.24) is 9.78 Å². The summed E-state index contributed by atoms with van der Waals surface area (Å²) < 4.78 is 28.2. The molecule has 19 heavy (non-hydrogen) atoms. The van der Waals surface area contributed by atoms with Crippen molar-refractivity contribution < 1.29 is 8.42 Å². The van der Waals surface area contributed by atoms with Crippen LogP contribution < -0.4 is 4.31 Å². The number of sulfonamides is 1. The lowest BCUT2D eigenvalue weighted by Crippen LogP contribution is -2.30. The Bertz CT molecular complexity index is 662. The van der Waals surface area contributed by atoms with Crippen LogP contribution in [0.2, 0.25) is 0 Å². The molecule has 102 valence electrons. The summed E-state index contributed by atoms with van der Waals surface area (Å²) in [4.78, 5) is 0.251. The highest BCUT2D eigenvalue weighted by atomic mass is 32.2. The van der Waals surface area contributed by atoms with Gasteiger partial charge in [0, 0.05) is 19.8 Å². The summed E-state index contributed by atoms with van der Waals surface area (Å²) in [5.41, 5.74) is 1.17. The number of hydrogen-bond acceptors (Lipinski definition) is 3. The van der Waals surface area contributed by atoms with Gasteiger partial charge in [0.2, 0.25) is 0 Å². The second-order valence-electron chi connectivity index (χ2n) is 4.26. The lowest BCUT2D eigenvalue weighted by atomic mass is 10.3. The fourth-order valence-corrected chi connectivity index (χ4v) is 3.71. The molecule has 6 heteroatoms. The van der Waals surface area contributed by atoms with E-state index in [1.54, 1.807) is 26.1 Å². The zero-order valence-corrected chi connectivity index (χ0v) is 12.1. The molecule has 1 aromatic heterocycles. The van der Waals surface area contributed by atoms with Crippen molar-refractivity contribution in [3.63, 3.8) is 0 Å². The highest BCUT2D eigenvalue weighted by Crippen LogP contribution is 2.24. The first-order chi connectivity index (χ1) is 8.96. The summed E-state index contributed by atoms with van der Waals surface area (Å²) >= 11 is 0. The van der Waals surface area contributed by atoms with Crippen LogP contribution in [0.1, 0.15) is 12.6 Å².